The van der Waals surface area contributed by atoms with Gasteiger partial charge in [0.25, 0.3) is 0 Å². The maximum atomic E-state index is 11.8. The zero-order valence-corrected chi connectivity index (χ0v) is 10.4. The maximum absolute atomic E-state index is 11.8. The first kappa shape index (κ1) is 12.1. The number of rotatable bonds is 4. The molecule has 0 bridgehead atoms. The lowest BCUT2D eigenvalue weighted by atomic mass is 10.1. The van der Waals surface area contributed by atoms with E-state index in [2.05, 4.69) is 19.2 Å². The Balaban J connectivity index is 1.84. The van der Waals surface area contributed by atoms with Crippen LogP contribution in [0, 0.1) is 5.41 Å². The number of benzene rings is 1. The molecule has 92 valence electrons. The first-order chi connectivity index (χ1) is 7.99. The zero-order valence-electron chi connectivity index (χ0n) is 10.4. The van der Waals surface area contributed by atoms with Gasteiger partial charge in [-0.1, -0.05) is 44.2 Å². The van der Waals surface area contributed by atoms with Crippen molar-refractivity contribution >= 4 is 5.91 Å². The van der Waals surface area contributed by atoms with E-state index in [9.17, 15) is 4.79 Å². The standard InChI is InChI=1S/C14H20N2O/c1-14(2)9-12(14)16-13(17)11(15)8-10-6-4-3-5-7-10/h3-7,11-12H,8-9,15H2,1-2H3,(H,16,17). The van der Waals surface area contributed by atoms with Crippen molar-refractivity contribution < 1.29 is 4.79 Å². The van der Waals surface area contributed by atoms with Gasteiger partial charge in [0.1, 0.15) is 0 Å². The van der Waals surface area contributed by atoms with E-state index in [1.807, 2.05) is 30.3 Å². The molecule has 3 nitrogen and oxygen atoms in total. The molecule has 1 aliphatic rings. The Kier molecular flexibility index (Phi) is 3.20. The SMILES string of the molecule is CC1(C)CC1NC(=O)C(N)Cc1ccccc1. The molecule has 0 spiro atoms. The van der Waals surface area contributed by atoms with Crippen LogP contribution in [0.5, 0.6) is 0 Å². The fourth-order valence-corrected chi connectivity index (χ4v) is 1.95. The van der Waals surface area contributed by atoms with Crippen LogP contribution in [-0.2, 0) is 11.2 Å². The summed E-state index contributed by atoms with van der Waals surface area (Å²) in [7, 11) is 0. The largest absolute Gasteiger partial charge is 0.351 e. The van der Waals surface area contributed by atoms with Gasteiger partial charge in [-0.25, -0.2) is 0 Å². The van der Waals surface area contributed by atoms with Crippen LogP contribution < -0.4 is 11.1 Å². The van der Waals surface area contributed by atoms with Gasteiger partial charge >= 0.3 is 0 Å². The van der Waals surface area contributed by atoms with Gasteiger partial charge in [-0.3, -0.25) is 4.79 Å². The van der Waals surface area contributed by atoms with Crippen LogP contribution in [0.3, 0.4) is 0 Å². The molecule has 17 heavy (non-hydrogen) atoms. The van der Waals surface area contributed by atoms with Crippen LogP contribution in [0.4, 0.5) is 0 Å². The molecule has 1 aliphatic carbocycles. The molecule has 0 aliphatic heterocycles. The van der Waals surface area contributed by atoms with Crippen molar-refractivity contribution in [2.24, 2.45) is 11.1 Å². The Labute approximate surface area is 102 Å². The maximum Gasteiger partial charge on any atom is 0.237 e. The summed E-state index contributed by atoms with van der Waals surface area (Å²) in [6.45, 7) is 4.31. The molecule has 0 heterocycles. The van der Waals surface area contributed by atoms with Gasteiger partial charge in [-0.15, -0.1) is 0 Å². The van der Waals surface area contributed by atoms with Crippen molar-refractivity contribution in [3.63, 3.8) is 0 Å². The second-order valence-corrected chi connectivity index (χ2v) is 5.55. The summed E-state index contributed by atoms with van der Waals surface area (Å²) in [6.07, 6.45) is 1.65. The average Bonchev–Trinajstić information content (AvgIpc) is 2.87. The van der Waals surface area contributed by atoms with Gasteiger partial charge in [-0.2, -0.15) is 0 Å². The van der Waals surface area contributed by atoms with Gasteiger partial charge < -0.3 is 11.1 Å². The predicted octanol–water partition coefficient (Wildman–Crippen LogP) is 1.47. The highest BCUT2D eigenvalue weighted by molar-refractivity contribution is 5.82. The number of carbonyl (C=O) groups excluding carboxylic acids is 1. The fraction of sp³-hybridized carbons (Fsp3) is 0.500. The van der Waals surface area contributed by atoms with Crippen molar-refractivity contribution in [3.05, 3.63) is 35.9 Å². The predicted molar refractivity (Wildman–Crippen MR) is 68.5 cm³/mol. The summed E-state index contributed by atoms with van der Waals surface area (Å²) in [6, 6.07) is 9.73. The Bertz CT molecular complexity index is 400. The number of nitrogens with one attached hydrogen (secondary N) is 1. The molecule has 0 radical (unpaired) electrons. The average molecular weight is 232 g/mol. The third-order valence-corrected chi connectivity index (χ3v) is 3.47. The van der Waals surface area contributed by atoms with Crippen LogP contribution in [0.2, 0.25) is 0 Å². The van der Waals surface area contributed by atoms with E-state index >= 15 is 0 Å². The van der Waals surface area contributed by atoms with E-state index in [0.29, 0.717) is 12.5 Å². The molecular weight excluding hydrogens is 212 g/mol. The Morgan fingerprint density at radius 3 is 2.59 bits per heavy atom. The summed E-state index contributed by atoms with van der Waals surface area (Å²) in [5.41, 5.74) is 7.26. The summed E-state index contributed by atoms with van der Waals surface area (Å²) < 4.78 is 0. The van der Waals surface area contributed by atoms with Crippen LogP contribution >= 0.6 is 0 Å². The second-order valence-electron chi connectivity index (χ2n) is 5.55. The van der Waals surface area contributed by atoms with Crippen molar-refractivity contribution in [2.45, 2.75) is 38.8 Å². The van der Waals surface area contributed by atoms with E-state index in [1.165, 1.54) is 0 Å². The van der Waals surface area contributed by atoms with E-state index < -0.39 is 6.04 Å². The van der Waals surface area contributed by atoms with E-state index in [-0.39, 0.29) is 11.3 Å². The highest BCUT2D eigenvalue weighted by Gasteiger charge is 2.46. The molecule has 1 aromatic carbocycles. The lowest BCUT2D eigenvalue weighted by Crippen LogP contribution is -2.43. The van der Waals surface area contributed by atoms with E-state index in [4.69, 9.17) is 5.73 Å². The second kappa shape index (κ2) is 4.49. The van der Waals surface area contributed by atoms with Gasteiger partial charge in [0.2, 0.25) is 5.91 Å². The molecule has 1 amide bonds. The molecular formula is C14H20N2O. The number of hydrogen-bond acceptors (Lipinski definition) is 2. The Hall–Kier alpha value is -1.35. The highest BCUT2D eigenvalue weighted by Crippen LogP contribution is 2.44. The van der Waals surface area contributed by atoms with E-state index in [1.54, 1.807) is 0 Å². The van der Waals surface area contributed by atoms with Crippen LogP contribution in [0.1, 0.15) is 25.8 Å². The van der Waals surface area contributed by atoms with E-state index in [0.717, 1.165) is 12.0 Å². The van der Waals surface area contributed by atoms with Crippen LogP contribution in [0.25, 0.3) is 0 Å². The van der Waals surface area contributed by atoms with Gasteiger partial charge in [0.05, 0.1) is 6.04 Å². The molecule has 3 heteroatoms. The molecule has 1 aromatic rings. The molecule has 1 fully saturated rings. The summed E-state index contributed by atoms with van der Waals surface area (Å²) in [4.78, 5) is 11.8. The van der Waals surface area contributed by atoms with Gasteiger partial charge in [0.15, 0.2) is 0 Å². The quantitative estimate of drug-likeness (QED) is 0.826. The first-order valence-electron chi connectivity index (χ1n) is 6.09. The number of nitrogens with two attached hydrogens (primary N) is 1. The highest BCUT2D eigenvalue weighted by atomic mass is 16.2. The lowest BCUT2D eigenvalue weighted by Gasteiger charge is -2.13. The van der Waals surface area contributed by atoms with Crippen LogP contribution in [-0.4, -0.2) is 18.0 Å². The smallest absolute Gasteiger partial charge is 0.237 e. The van der Waals surface area contributed by atoms with Crippen molar-refractivity contribution in [1.82, 2.24) is 5.32 Å². The third kappa shape index (κ3) is 3.07. The van der Waals surface area contributed by atoms with Crippen LogP contribution in [0.15, 0.2) is 30.3 Å². The summed E-state index contributed by atoms with van der Waals surface area (Å²) in [5, 5.41) is 3.00. The Morgan fingerprint density at radius 2 is 2.06 bits per heavy atom. The number of amides is 1. The first-order valence-corrected chi connectivity index (χ1v) is 6.09. The molecule has 2 unspecified atom stereocenters. The molecule has 3 N–H and O–H groups in total. The molecule has 2 atom stereocenters. The zero-order chi connectivity index (χ0) is 12.5. The number of hydrogen-bond donors (Lipinski definition) is 2. The summed E-state index contributed by atoms with van der Waals surface area (Å²) in [5.74, 6) is -0.0376. The van der Waals surface area contributed by atoms with Gasteiger partial charge in [-0.05, 0) is 23.8 Å². The monoisotopic (exact) mass is 232 g/mol. The molecule has 0 saturated heterocycles. The summed E-state index contributed by atoms with van der Waals surface area (Å²) >= 11 is 0. The minimum atomic E-state index is -0.450. The molecule has 1 saturated carbocycles. The minimum absolute atomic E-state index is 0.0376. The topological polar surface area (TPSA) is 55.1 Å². The van der Waals surface area contributed by atoms with Crippen molar-refractivity contribution in [2.75, 3.05) is 0 Å². The van der Waals surface area contributed by atoms with Gasteiger partial charge in [0, 0.05) is 6.04 Å². The third-order valence-electron chi connectivity index (χ3n) is 3.47. The van der Waals surface area contributed by atoms with Crippen molar-refractivity contribution in [1.29, 1.82) is 0 Å². The minimum Gasteiger partial charge on any atom is -0.351 e. The normalized spacial score (nSPS) is 22.9. The molecule has 0 aromatic heterocycles. The number of carbonyl (C=O) groups is 1. The Morgan fingerprint density at radius 1 is 1.47 bits per heavy atom. The fourth-order valence-electron chi connectivity index (χ4n) is 1.95. The molecule has 2 rings (SSSR count). The lowest BCUT2D eigenvalue weighted by molar-refractivity contribution is -0.122. The van der Waals surface area contributed by atoms with Crippen molar-refractivity contribution in [3.8, 4) is 0 Å².